The van der Waals surface area contributed by atoms with Crippen molar-refractivity contribution in [3.05, 3.63) is 89.5 Å². The maximum atomic E-state index is 13.0. The summed E-state index contributed by atoms with van der Waals surface area (Å²) in [5.74, 6) is -3.61. The number of carbonyl (C=O) groups excluding carboxylic acids is 2. The molecule has 2 atom stereocenters. The van der Waals surface area contributed by atoms with Crippen LogP contribution in [0.25, 0.3) is 0 Å². The van der Waals surface area contributed by atoms with Crippen LogP contribution in [0.2, 0.25) is 0 Å². The van der Waals surface area contributed by atoms with Crippen molar-refractivity contribution in [2.24, 2.45) is 5.92 Å². The van der Waals surface area contributed by atoms with Gasteiger partial charge in [0.25, 0.3) is 0 Å². The molecular weight excluding hydrogens is 451 g/mol. The molecule has 0 aliphatic rings. The zero-order valence-corrected chi connectivity index (χ0v) is 17.9. The van der Waals surface area contributed by atoms with Gasteiger partial charge in [0.1, 0.15) is 6.04 Å². The SMILES string of the molecule is O=C(CC(Cc1ccccc1)C(=O)N[C@@H](Cc1c[nH]cn1)C(=O)O)c1cccc(C(F)(F)F)c1. The second-order valence-electron chi connectivity index (χ2n) is 7.76. The van der Waals surface area contributed by atoms with Crippen LogP contribution in [0, 0.1) is 5.92 Å². The van der Waals surface area contributed by atoms with Gasteiger partial charge in [0.05, 0.1) is 17.6 Å². The summed E-state index contributed by atoms with van der Waals surface area (Å²) in [6, 6.07) is 11.5. The highest BCUT2D eigenvalue weighted by atomic mass is 19.4. The number of rotatable bonds is 10. The molecule has 0 saturated heterocycles. The third kappa shape index (κ3) is 6.77. The van der Waals surface area contributed by atoms with Gasteiger partial charge in [-0.3, -0.25) is 9.59 Å². The summed E-state index contributed by atoms with van der Waals surface area (Å²) < 4.78 is 39.1. The minimum atomic E-state index is -4.61. The van der Waals surface area contributed by atoms with Gasteiger partial charge in [0.2, 0.25) is 5.91 Å². The number of hydrogen-bond donors (Lipinski definition) is 3. The smallest absolute Gasteiger partial charge is 0.416 e. The monoisotopic (exact) mass is 473 g/mol. The fourth-order valence-corrected chi connectivity index (χ4v) is 3.47. The standard InChI is InChI=1S/C24H22F3N3O4/c25-24(26,27)18-8-4-7-16(10-18)21(31)11-17(9-15-5-2-1-3-6-15)22(32)30-20(23(33)34)12-19-13-28-14-29-19/h1-8,10,13-14,17,20H,9,11-12H2,(H,28,29)(H,30,32)(H,33,34)/t17?,20-/m0/s1. The van der Waals surface area contributed by atoms with E-state index in [0.717, 1.165) is 23.8 Å². The number of nitrogens with one attached hydrogen (secondary N) is 2. The average molecular weight is 473 g/mol. The van der Waals surface area contributed by atoms with E-state index in [1.807, 2.05) is 0 Å². The number of aromatic amines is 1. The van der Waals surface area contributed by atoms with Crippen LogP contribution in [0.5, 0.6) is 0 Å². The van der Waals surface area contributed by atoms with Gasteiger partial charge in [-0.15, -0.1) is 0 Å². The highest BCUT2D eigenvalue weighted by Crippen LogP contribution is 2.30. The Bertz CT molecular complexity index is 1130. The Morgan fingerprint density at radius 3 is 2.38 bits per heavy atom. The lowest BCUT2D eigenvalue weighted by Gasteiger charge is -2.20. The minimum Gasteiger partial charge on any atom is -0.480 e. The number of Topliss-reactive ketones (excluding diaryl/α,β-unsaturated/α-hetero) is 1. The predicted molar refractivity (Wildman–Crippen MR) is 116 cm³/mol. The number of carboxylic acid groups (broad SMARTS) is 1. The van der Waals surface area contributed by atoms with Crippen molar-refractivity contribution in [2.75, 3.05) is 0 Å². The molecule has 0 aliphatic heterocycles. The van der Waals surface area contributed by atoms with Crippen molar-refractivity contribution in [2.45, 2.75) is 31.5 Å². The zero-order valence-electron chi connectivity index (χ0n) is 17.9. The van der Waals surface area contributed by atoms with E-state index in [-0.39, 0.29) is 18.4 Å². The van der Waals surface area contributed by atoms with Gasteiger partial charge in [-0.1, -0.05) is 42.5 Å². The van der Waals surface area contributed by atoms with E-state index >= 15 is 0 Å². The molecule has 1 unspecified atom stereocenters. The Morgan fingerprint density at radius 1 is 1.03 bits per heavy atom. The fourth-order valence-electron chi connectivity index (χ4n) is 3.47. The zero-order chi connectivity index (χ0) is 24.7. The first-order valence-electron chi connectivity index (χ1n) is 10.4. The van der Waals surface area contributed by atoms with Crippen molar-refractivity contribution >= 4 is 17.7 Å². The van der Waals surface area contributed by atoms with Gasteiger partial charge >= 0.3 is 12.1 Å². The van der Waals surface area contributed by atoms with Crippen LogP contribution in [-0.2, 0) is 28.6 Å². The minimum absolute atomic E-state index is 0.0792. The number of amides is 1. The number of imidazole rings is 1. The van der Waals surface area contributed by atoms with E-state index < -0.39 is 47.8 Å². The molecule has 3 N–H and O–H groups in total. The summed E-state index contributed by atoms with van der Waals surface area (Å²) in [6.45, 7) is 0. The number of H-pyrrole nitrogens is 1. The molecule has 0 fully saturated rings. The van der Waals surface area contributed by atoms with Crippen LogP contribution in [0.3, 0.4) is 0 Å². The normalized spacial score (nSPS) is 13.1. The molecule has 7 nitrogen and oxygen atoms in total. The molecule has 1 heterocycles. The lowest BCUT2D eigenvalue weighted by molar-refractivity contribution is -0.142. The number of aromatic nitrogens is 2. The lowest BCUT2D eigenvalue weighted by atomic mass is 9.90. The molecule has 0 aliphatic carbocycles. The van der Waals surface area contributed by atoms with Gasteiger partial charge < -0.3 is 15.4 Å². The largest absolute Gasteiger partial charge is 0.480 e. The second kappa shape index (κ2) is 10.8. The highest BCUT2D eigenvalue weighted by molar-refractivity contribution is 5.99. The van der Waals surface area contributed by atoms with Crippen LogP contribution >= 0.6 is 0 Å². The van der Waals surface area contributed by atoms with Crippen molar-refractivity contribution in [3.63, 3.8) is 0 Å². The van der Waals surface area contributed by atoms with E-state index in [4.69, 9.17) is 0 Å². The van der Waals surface area contributed by atoms with Crippen molar-refractivity contribution in [1.82, 2.24) is 15.3 Å². The summed E-state index contributed by atoms with van der Waals surface area (Å²) in [5, 5.41) is 12.0. The summed E-state index contributed by atoms with van der Waals surface area (Å²) >= 11 is 0. The predicted octanol–water partition coefficient (Wildman–Crippen LogP) is 3.67. The van der Waals surface area contributed by atoms with Crippen LogP contribution in [0.1, 0.15) is 33.6 Å². The number of alkyl halides is 3. The number of ketones is 1. The van der Waals surface area contributed by atoms with E-state index in [2.05, 4.69) is 15.3 Å². The quantitative estimate of drug-likeness (QED) is 0.389. The number of halogens is 3. The molecule has 1 amide bonds. The molecule has 3 aromatic rings. The van der Waals surface area contributed by atoms with Crippen LogP contribution in [-0.4, -0.2) is 38.8 Å². The third-order valence-corrected chi connectivity index (χ3v) is 5.22. The summed E-state index contributed by atoms with van der Waals surface area (Å²) in [4.78, 5) is 44.2. The van der Waals surface area contributed by atoms with Gasteiger partial charge in [0, 0.05) is 30.5 Å². The number of benzene rings is 2. The Kier molecular flexibility index (Phi) is 7.83. The van der Waals surface area contributed by atoms with E-state index in [0.29, 0.717) is 5.69 Å². The van der Waals surface area contributed by atoms with Crippen LogP contribution in [0.15, 0.2) is 67.1 Å². The molecule has 10 heteroatoms. The average Bonchev–Trinajstić information content (AvgIpc) is 3.31. The topological polar surface area (TPSA) is 112 Å². The molecule has 2 aromatic carbocycles. The number of hydrogen-bond acceptors (Lipinski definition) is 4. The Hall–Kier alpha value is -3.95. The van der Waals surface area contributed by atoms with Crippen LogP contribution in [0.4, 0.5) is 13.2 Å². The molecule has 0 radical (unpaired) electrons. The number of carboxylic acids is 1. The molecule has 34 heavy (non-hydrogen) atoms. The van der Waals surface area contributed by atoms with Crippen molar-refractivity contribution in [1.29, 1.82) is 0 Å². The van der Waals surface area contributed by atoms with E-state index in [1.165, 1.54) is 18.6 Å². The van der Waals surface area contributed by atoms with Crippen molar-refractivity contribution in [3.8, 4) is 0 Å². The number of aliphatic carboxylic acids is 1. The second-order valence-corrected chi connectivity index (χ2v) is 7.76. The summed E-state index contributed by atoms with van der Waals surface area (Å²) in [6.07, 6.45) is -2.10. The maximum Gasteiger partial charge on any atom is 0.416 e. The van der Waals surface area contributed by atoms with Crippen LogP contribution < -0.4 is 5.32 Å². The Morgan fingerprint density at radius 2 is 1.76 bits per heavy atom. The first-order valence-corrected chi connectivity index (χ1v) is 10.4. The fraction of sp³-hybridized carbons (Fsp3) is 0.250. The van der Waals surface area contributed by atoms with E-state index in [1.54, 1.807) is 30.3 Å². The highest BCUT2D eigenvalue weighted by Gasteiger charge is 2.32. The Balaban J connectivity index is 1.81. The maximum absolute atomic E-state index is 13.0. The lowest BCUT2D eigenvalue weighted by Crippen LogP contribution is -2.45. The first-order chi connectivity index (χ1) is 16.1. The molecule has 0 spiro atoms. The van der Waals surface area contributed by atoms with Gasteiger partial charge in [-0.05, 0) is 24.1 Å². The molecule has 178 valence electrons. The molecule has 0 saturated carbocycles. The first kappa shape index (κ1) is 24.7. The summed E-state index contributed by atoms with van der Waals surface area (Å²) in [7, 11) is 0. The summed E-state index contributed by atoms with van der Waals surface area (Å²) in [5.41, 5.74) is 0.00497. The number of carbonyl (C=O) groups is 3. The van der Waals surface area contributed by atoms with Gasteiger partial charge in [-0.2, -0.15) is 13.2 Å². The Labute approximate surface area is 193 Å². The molecule has 0 bridgehead atoms. The van der Waals surface area contributed by atoms with Gasteiger partial charge in [0.15, 0.2) is 5.78 Å². The van der Waals surface area contributed by atoms with Crippen molar-refractivity contribution < 1.29 is 32.7 Å². The van der Waals surface area contributed by atoms with Gasteiger partial charge in [-0.25, -0.2) is 9.78 Å². The van der Waals surface area contributed by atoms with E-state index in [9.17, 15) is 32.7 Å². The third-order valence-electron chi connectivity index (χ3n) is 5.22. The molecule has 1 aromatic heterocycles. The molecular formula is C24H22F3N3O4. The number of nitrogens with zero attached hydrogens (tertiary/aromatic N) is 1. The molecule has 3 rings (SSSR count).